The zero-order valence-corrected chi connectivity index (χ0v) is 13.3. The van der Waals surface area contributed by atoms with E-state index in [1.54, 1.807) is 0 Å². The number of fused-ring (bicyclic) bond motifs is 3. The maximum atomic E-state index is 11.7. The Balaban J connectivity index is 1.83. The number of hydrogen-bond donors (Lipinski definition) is 0. The lowest BCUT2D eigenvalue weighted by Gasteiger charge is -2.39. The van der Waals surface area contributed by atoms with Crippen molar-refractivity contribution in [2.45, 2.75) is 38.8 Å². The number of nitrogens with zero attached hydrogens (tertiary/aromatic N) is 2. The summed E-state index contributed by atoms with van der Waals surface area (Å²) in [5.74, 6) is -0.132. The van der Waals surface area contributed by atoms with Crippen LogP contribution in [0.1, 0.15) is 35.7 Å². The van der Waals surface area contributed by atoms with Crippen LogP contribution in [0, 0.1) is 6.92 Å². The minimum atomic E-state index is -0.132. The summed E-state index contributed by atoms with van der Waals surface area (Å²) in [6.45, 7) is 4.44. The first-order valence-corrected chi connectivity index (χ1v) is 8.11. The first-order valence-electron chi connectivity index (χ1n) is 8.11. The molecule has 0 unspecified atom stereocenters. The van der Waals surface area contributed by atoms with Crippen LogP contribution in [0.4, 0.5) is 0 Å². The van der Waals surface area contributed by atoms with E-state index >= 15 is 0 Å². The van der Waals surface area contributed by atoms with Crippen molar-refractivity contribution in [3.8, 4) is 0 Å². The summed E-state index contributed by atoms with van der Waals surface area (Å²) in [6.07, 6.45) is 3.49. The van der Waals surface area contributed by atoms with E-state index in [0.717, 1.165) is 25.9 Å². The normalized spacial score (nSPS) is 20.9. The van der Waals surface area contributed by atoms with Gasteiger partial charge in [-0.1, -0.05) is 11.6 Å². The Hall–Kier alpha value is -1.81. The number of esters is 1. The van der Waals surface area contributed by atoms with Crippen LogP contribution in [0.2, 0.25) is 0 Å². The van der Waals surface area contributed by atoms with Crippen molar-refractivity contribution in [2.24, 2.45) is 0 Å². The molecule has 0 fully saturated rings. The van der Waals surface area contributed by atoms with Gasteiger partial charge < -0.3 is 9.30 Å². The van der Waals surface area contributed by atoms with Crippen LogP contribution in [0.25, 0.3) is 10.9 Å². The molecule has 1 atom stereocenters. The topological polar surface area (TPSA) is 34.5 Å². The Morgan fingerprint density at radius 1 is 1.36 bits per heavy atom. The van der Waals surface area contributed by atoms with Gasteiger partial charge in [-0.05, 0) is 43.9 Å². The van der Waals surface area contributed by atoms with Crippen molar-refractivity contribution in [1.29, 1.82) is 0 Å². The highest BCUT2D eigenvalue weighted by molar-refractivity contribution is 5.87. The molecule has 1 aliphatic carbocycles. The molecule has 0 radical (unpaired) electrons. The van der Waals surface area contributed by atoms with Crippen LogP contribution < -0.4 is 0 Å². The van der Waals surface area contributed by atoms with Gasteiger partial charge in [-0.2, -0.15) is 0 Å². The van der Waals surface area contributed by atoms with Crippen LogP contribution >= 0.6 is 0 Å². The fourth-order valence-corrected chi connectivity index (χ4v) is 4.21. The minimum Gasteiger partial charge on any atom is -0.468 e. The Kier molecular flexibility index (Phi) is 3.22. The highest BCUT2D eigenvalue weighted by Gasteiger charge is 2.35. The van der Waals surface area contributed by atoms with E-state index in [1.807, 2.05) is 0 Å². The average Bonchev–Trinajstić information content (AvgIpc) is 2.85. The number of carbonyl (C=O) groups is 1. The zero-order valence-electron chi connectivity index (χ0n) is 13.3. The smallest absolute Gasteiger partial charge is 0.319 e. The van der Waals surface area contributed by atoms with E-state index in [4.69, 9.17) is 4.74 Å². The summed E-state index contributed by atoms with van der Waals surface area (Å²) in [7, 11) is 1.47. The van der Waals surface area contributed by atoms with Crippen LogP contribution in [0.15, 0.2) is 18.2 Å². The van der Waals surface area contributed by atoms with Gasteiger partial charge in [0.1, 0.15) is 0 Å². The molecular formula is C18H22N2O2. The molecule has 2 aliphatic rings. The first kappa shape index (κ1) is 13.8. The van der Waals surface area contributed by atoms with E-state index in [1.165, 1.54) is 41.3 Å². The Morgan fingerprint density at radius 3 is 3.05 bits per heavy atom. The molecule has 0 saturated carbocycles. The highest BCUT2D eigenvalue weighted by atomic mass is 16.5. The summed E-state index contributed by atoms with van der Waals surface area (Å²) < 4.78 is 7.36. The number of aromatic nitrogens is 1. The summed E-state index contributed by atoms with van der Waals surface area (Å²) in [6, 6.07) is 7.15. The summed E-state index contributed by atoms with van der Waals surface area (Å²) in [4.78, 5) is 14.0. The van der Waals surface area contributed by atoms with Gasteiger partial charge in [-0.15, -0.1) is 0 Å². The molecule has 22 heavy (non-hydrogen) atoms. The lowest BCUT2D eigenvalue weighted by atomic mass is 9.89. The second-order valence-corrected chi connectivity index (χ2v) is 6.49. The number of rotatable bonds is 2. The van der Waals surface area contributed by atoms with E-state index in [2.05, 4.69) is 34.6 Å². The standard InChI is InChI=1S/C18H22N2O2/c1-12-6-7-15-14(10-12)13-4-3-5-16-18(13)20(15)9-8-19(16)11-17(21)22-2/h6-7,10,16H,3-5,8-9,11H2,1-2H3/t16-/m0/s1. The molecule has 2 aromatic rings. The van der Waals surface area contributed by atoms with Crippen molar-refractivity contribution in [1.82, 2.24) is 9.47 Å². The molecule has 2 heterocycles. The predicted molar refractivity (Wildman–Crippen MR) is 85.9 cm³/mol. The summed E-state index contributed by atoms with van der Waals surface area (Å²) >= 11 is 0. The lowest BCUT2D eigenvalue weighted by molar-refractivity contribution is -0.143. The Bertz CT molecular complexity index is 747. The second kappa shape index (κ2) is 5.13. The van der Waals surface area contributed by atoms with Crippen LogP contribution in [-0.2, 0) is 22.5 Å². The van der Waals surface area contributed by atoms with E-state index in [9.17, 15) is 4.79 Å². The van der Waals surface area contributed by atoms with E-state index in [-0.39, 0.29) is 5.97 Å². The fraction of sp³-hybridized carbons (Fsp3) is 0.500. The number of carbonyl (C=O) groups excluding carboxylic acids is 1. The average molecular weight is 298 g/mol. The predicted octanol–water partition coefficient (Wildman–Crippen LogP) is 2.82. The molecule has 1 aromatic heterocycles. The van der Waals surface area contributed by atoms with Crippen molar-refractivity contribution >= 4 is 16.9 Å². The van der Waals surface area contributed by atoms with Gasteiger partial charge >= 0.3 is 5.97 Å². The van der Waals surface area contributed by atoms with Gasteiger partial charge in [-0.3, -0.25) is 9.69 Å². The molecule has 0 amide bonds. The van der Waals surface area contributed by atoms with E-state index < -0.39 is 0 Å². The molecule has 0 saturated heterocycles. The molecule has 0 spiro atoms. The van der Waals surface area contributed by atoms with Crippen molar-refractivity contribution < 1.29 is 9.53 Å². The third kappa shape index (κ3) is 1.97. The molecular weight excluding hydrogens is 276 g/mol. The monoisotopic (exact) mass is 298 g/mol. The fourth-order valence-electron chi connectivity index (χ4n) is 4.21. The van der Waals surface area contributed by atoms with Gasteiger partial charge in [0.25, 0.3) is 0 Å². The Morgan fingerprint density at radius 2 is 2.23 bits per heavy atom. The minimum absolute atomic E-state index is 0.132. The van der Waals surface area contributed by atoms with Gasteiger partial charge in [0.05, 0.1) is 19.7 Å². The van der Waals surface area contributed by atoms with Crippen LogP contribution in [0.5, 0.6) is 0 Å². The number of ether oxygens (including phenoxy) is 1. The molecule has 4 nitrogen and oxygen atoms in total. The zero-order chi connectivity index (χ0) is 15.3. The lowest BCUT2D eigenvalue weighted by Crippen LogP contribution is -2.42. The SMILES string of the molecule is COC(=O)CN1CCn2c3c(c4cc(C)ccc42)CCC[C@@H]31. The first-order chi connectivity index (χ1) is 10.7. The van der Waals surface area contributed by atoms with Crippen molar-refractivity contribution in [3.05, 3.63) is 35.0 Å². The second-order valence-electron chi connectivity index (χ2n) is 6.49. The summed E-state index contributed by atoms with van der Waals surface area (Å²) in [5, 5.41) is 1.42. The van der Waals surface area contributed by atoms with Crippen molar-refractivity contribution in [2.75, 3.05) is 20.2 Å². The molecule has 0 bridgehead atoms. The molecule has 1 aliphatic heterocycles. The van der Waals surface area contributed by atoms with Crippen molar-refractivity contribution in [3.63, 3.8) is 0 Å². The molecule has 0 N–H and O–H groups in total. The Labute approximate surface area is 130 Å². The number of methoxy groups -OCH3 is 1. The van der Waals surface area contributed by atoms with Gasteiger partial charge in [-0.25, -0.2) is 0 Å². The maximum Gasteiger partial charge on any atom is 0.319 e. The largest absolute Gasteiger partial charge is 0.468 e. The van der Waals surface area contributed by atoms with Gasteiger partial charge in [0.15, 0.2) is 0 Å². The number of hydrogen-bond acceptors (Lipinski definition) is 3. The third-order valence-corrected chi connectivity index (χ3v) is 5.20. The molecule has 4 heteroatoms. The molecule has 1 aromatic carbocycles. The van der Waals surface area contributed by atoms with Crippen LogP contribution in [0.3, 0.4) is 0 Å². The highest BCUT2D eigenvalue weighted by Crippen LogP contribution is 2.42. The third-order valence-electron chi connectivity index (χ3n) is 5.20. The number of benzene rings is 1. The quantitative estimate of drug-likeness (QED) is 0.800. The molecule has 4 rings (SSSR count). The van der Waals surface area contributed by atoms with E-state index in [0.29, 0.717) is 12.6 Å². The maximum absolute atomic E-state index is 11.7. The van der Waals surface area contributed by atoms with Gasteiger partial charge in [0, 0.05) is 29.7 Å². The molecule has 116 valence electrons. The van der Waals surface area contributed by atoms with Gasteiger partial charge in [0.2, 0.25) is 0 Å². The van der Waals surface area contributed by atoms with Crippen LogP contribution in [-0.4, -0.2) is 35.6 Å². The number of aryl methyl sites for hydroxylation is 2. The summed E-state index contributed by atoms with van der Waals surface area (Å²) in [5.41, 5.74) is 5.63.